The van der Waals surface area contributed by atoms with E-state index in [0.29, 0.717) is 0 Å². The molecule has 0 N–H and O–H groups in total. The highest BCUT2D eigenvalue weighted by molar-refractivity contribution is 4.79. The van der Waals surface area contributed by atoms with Crippen LogP contribution in [0.2, 0.25) is 0 Å². The maximum Gasteiger partial charge on any atom is 0.168 e. The highest BCUT2D eigenvalue weighted by Crippen LogP contribution is 2.35. The molecule has 1 radical (unpaired) electrons. The second kappa shape index (κ2) is 3.11. The zero-order valence-corrected chi connectivity index (χ0v) is 6.84. The van der Waals surface area contributed by atoms with Gasteiger partial charge in [-0.15, -0.1) is 0 Å². The number of ether oxygens (including phenoxy) is 2. The first-order chi connectivity index (χ1) is 5.41. The molecule has 0 aromatic carbocycles. The molecule has 11 heavy (non-hydrogen) atoms. The highest BCUT2D eigenvalue weighted by atomic mass is 16.7. The van der Waals surface area contributed by atoms with E-state index < -0.39 is 0 Å². The lowest BCUT2D eigenvalue weighted by Crippen LogP contribution is -2.40. The smallest absolute Gasteiger partial charge is 0.168 e. The molecular formula is C9H15O2. The van der Waals surface area contributed by atoms with E-state index in [9.17, 15) is 0 Å². The molecule has 1 aliphatic carbocycles. The van der Waals surface area contributed by atoms with Gasteiger partial charge in [0.2, 0.25) is 0 Å². The molecule has 0 amide bonds. The van der Waals surface area contributed by atoms with Crippen LogP contribution in [-0.2, 0) is 9.47 Å². The number of rotatable bonds is 0. The Kier molecular flexibility index (Phi) is 2.14. The van der Waals surface area contributed by atoms with E-state index in [1.807, 2.05) is 6.61 Å². The molecule has 0 bridgehead atoms. The van der Waals surface area contributed by atoms with Crippen LogP contribution in [0.25, 0.3) is 0 Å². The molecule has 2 nitrogen and oxygen atoms in total. The van der Waals surface area contributed by atoms with E-state index in [1.165, 1.54) is 19.3 Å². The van der Waals surface area contributed by atoms with Crippen LogP contribution in [0.15, 0.2) is 0 Å². The quantitative estimate of drug-likeness (QED) is 0.534. The van der Waals surface area contributed by atoms with Crippen LogP contribution in [0.4, 0.5) is 0 Å². The van der Waals surface area contributed by atoms with Crippen molar-refractivity contribution < 1.29 is 9.47 Å². The molecule has 0 aromatic heterocycles. The molecule has 63 valence electrons. The maximum atomic E-state index is 5.65. The summed E-state index contributed by atoms with van der Waals surface area (Å²) >= 11 is 0. The summed E-state index contributed by atoms with van der Waals surface area (Å²) in [5, 5.41) is 0. The van der Waals surface area contributed by atoms with Gasteiger partial charge in [0, 0.05) is 12.8 Å². The van der Waals surface area contributed by atoms with E-state index in [0.717, 1.165) is 25.9 Å². The molecule has 1 aliphatic heterocycles. The van der Waals surface area contributed by atoms with Gasteiger partial charge in [0.05, 0.1) is 13.2 Å². The third-order valence-electron chi connectivity index (χ3n) is 2.51. The first-order valence-electron chi connectivity index (χ1n) is 4.55. The van der Waals surface area contributed by atoms with Gasteiger partial charge < -0.3 is 9.47 Å². The van der Waals surface area contributed by atoms with Crippen LogP contribution >= 0.6 is 0 Å². The Hall–Kier alpha value is -0.0800. The lowest BCUT2D eigenvalue weighted by Gasteiger charge is -2.39. The van der Waals surface area contributed by atoms with Crippen molar-refractivity contribution in [2.45, 2.75) is 44.3 Å². The van der Waals surface area contributed by atoms with Gasteiger partial charge in [0.15, 0.2) is 5.79 Å². The molecule has 1 saturated heterocycles. The summed E-state index contributed by atoms with van der Waals surface area (Å²) < 4.78 is 11.2. The van der Waals surface area contributed by atoms with Crippen LogP contribution in [0.1, 0.15) is 38.5 Å². The van der Waals surface area contributed by atoms with Gasteiger partial charge >= 0.3 is 0 Å². The summed E-state index contributed by atoms with van der Waals surface area (Å²) in [6.45, 7) is 2.76. The average Bonchev–Trinajstić information content (AvgIpc) is 2.07. The Balaban J connectivity index is 1.94. The standard InChI is InChI=1S/C9H15O2/c1-2-5-9(6-3-1)10-7-4-8-11-9/h7H,1-6,8H2. The second-order valence-electron chi connectivity index (χ2n) is 3.39. The number of hydrogen-bond acceptors (Lipinski definition) is 2. The molecule has 2 rings (SSSR count). The Morgan fingerprint density at radius 3 is 2.55 bits per heavy atom. The van der Waals surface area contributed by atoms with Gasteiger partial charge in [-0.25, -0.2) is 0 Å². The van der Waals surface area contributed by atoms with Crippen molar-refractivity contribution in [3.63, 3.8) is 0 Å². The third-order valence-corrected chi connectivity index (χ3v) is 2.51. The lowest BCUT2D eigenvalue weighted by molar-refractivity contribution is -0.259. The SMILES string of the molecule is [CH]1CCOC2(CCCCC2)O1. The van der Waals surface area contributed by atoms with E-state index in [4.69, 9.17) is 9.47 Å². The third kappa shape index (κ3) is 1.57. The first-order valence-corrected chi connectivity index (χ1v) is 4.55. The van der Waals surface area contributed by atoms with Gasteiger partial charge in [-0.2, -0.15) is 0 Å². The molecule has 0 aromatic rings. The van der Waals surface area contributed by atoms with Crippen molar-refractivity contribution in [1.29, 1.82) is 0 Å². The predicted octanol–water partition coefficient (Wildman–Crippen LogP) is 2.25. The van der Waals surface area contributed by atoms with Crippen molar-refractivity contribution in [3.8, 4) is 0 Å². The number of hydrogen-bond donors (Lipinski definition) is 0. The first kappa shape index (κ1) is 7.56. The van der Waals surface area contributed by atoms with Crippen molar-refractivity contribution in [3.05, 3.63) is 6.61 Å². The van der Waals surface area contributed by atoms with Gasteiger partial charge in [-0.1, -0.05) is 6.42 Å². The minimum atomic E-state index is -0.198. The Bertz CT molecular complexity index is 102. The highest BCUT2D eigenvalue weighted by Gasteiger charge is 2.35. The molecule has 1 spiro atoms. The molecule has 0 atom stereocenters. The average molecular weight is 155 g/mol. The fourth-order valence-electron chi connectivity index (χ4n) is 1.89. The van der Waals surface area contributed by atoms with Gasteiger partial charge in [-0.05, 0) is 19.3 Å². The zero-order chi connectivity index (χ0) is 7.57. The van der Waals surface area contributed by atoms with E-state index >= 15 is 0 Å². The van der Waals surface area contributed by atoms with Crippen LogP contribution in [0.5, 0.6) is 0 Å². The summed E-state index contributed by atoms with van der Waals surface area (Å²) in [5.41, 5.74) is 0. The van der Waals surface area contributed by atoms with Gasteiger partial charge in [-0.3, -0.25) is 0 Å². The van der Waals surface area contributed by atoms with Crippen molar-refractivity contribution in [2.24, 2.45) is 0 Å². The molecule has 0 unspecified atom stereocenters. The predicted molar refractivity (Wildman–Crippen MR) is 41.8 cm³/mol. The molecule has 1 heterocycles. The molecule has 2 aliphatic rings. The van der Waals surface area contributed by atoms with Crippen LogP contribution in [0.3, 0.4) is 0 Å². The van der Waals surface area contributed by atoms with Crippen molar-refractivity contribution in [1.82, 2.24) is 0 Å². The summed E-state index contributed by atoms with van der Waals surface area (Å²) in [4.78, 5) is 0. The molecular weight excluding hydrogens is 140 g/mol. The van der Waals surface area contributed by atoms with Gasteiger partial charge in [0.25, 0.3) is 0 Å². The summed E-state index contributed by atoms with van der Waals surface area (Å²) in [5.74, 6) is -0.198. The fraction of sp³-hybridized carbons (Fsp3) is 0.889. The van der Waals surface area contributed by atoms with Gasteiger partial charge in [0.1, 0.15) is 0 Å². The van der Waals surface area contributed by atoms with E-state index in [-0.39, 0.29) is 5.79 Å². The van der Waals surface area contributed by atoms with E-state index in [1.54, 1.807) is 0 Å². The zero-order valence-electron chi connectivity index (χ0n) is 6.84. The largest absolute Gasteiger partial charge is 0.350 e. The molecule has 2 fully saturated rings. The van der Waals surface area contributed by atoms with Crippen molar-refractivity contribution in [2.75, 3.05) is 6.61 Å². The summed E-state index contributed by atoms with van der Waals surface area (Å²) in [6, 6.07) is 0. The Labute approximate surface area is 67.9 Å². The second-order valence-corrected chi connectivity index (χ2v) is 3.39. The minimum absolute atomic E-state index is 0.198. The van der Waals surface area contributed by atoms with Crippen LogP contribution in [-0.4, -0.2) is 12.4 Å². The monoisotopic (exact) mass is 155 g/mol. The molecule has 1 saturated carbocycles. The normalized spacial score (nSPS) is 30.5. The van der Waals surface area contributed by atoms with E-state index in [2.05, 4.69) is 0 Å². The molecule has 2 heteroatoms. The van der Waals surface area contributed by atoms with Crippen LogP contribution < -0.4 is 0 Å². The van der Waals surface area contributed by atoms with Crippen molar-refractivity contribution >= 4 is 0 Å². The topological polar surface area (TPSA) is 18.5 Å². The minimum Gasteiger partial charge on any atom is -0.350 e. The Morgan fingerprint density at radius 1 is 1.09 bits per heavy atom. The lowest BCUT2D eigenvalue weighted by atomic mass is 9.93. The summed E-state index contributed by atoms with van der Waals surface area (Å²) in [6.07, 6.45) is 6.98. The Morgan fingerprint density at radius 2 is 1.91 bits per heavy atom. The summed E-state index contributed by atoms with van der Waals surface area (Å²) in [7, 11) is 0. The van der Waals surface area contributed by atoms with Crippen LogP contribution in [0, 0.1) is 6.61 Å². The fourth-order valence-corrected chi connectivity index (χ4v) is 1.89. The maximum absolute atomic E-state index is 5.65.